The van der Waals surface area contributed by atoms with Gasteiger partial charge in [-0.1, -0.05) is 0 Å². The van der Waals surface area contributed by atoms with Crippen molar-refractivity contribution in [2.24, 2.45) is 5.73 Å². The van der Waals surface area contributed by atoms with Gasteiger partial charge in [0.25, 0.3) is 0 Å². The normalized spacial score (nSPS) is 12.4. The summed E-state index contributed by atoms with van der Waals surface area (Å²) in [5.41, 5.74) is 5.16. The van der Waals surface area contributed by atoms with E-state index >= 15 is 0 Å². The predicted molar refractivity (Wildman–Crippen MR) is 42.9 cm³/mol. The van der Waals surface area contributed by atoms with E-state index in [1.54, 1.807) is 0 Å². The van der Waals surface area contributed by atoms with Gasteiger partial charge < -0.3 is 5.73 Å². The van der Waals surface area contributed by atoms with Crippen molar-refractivity contribution in [3.8, 4) is 0 Å². The zero-order valence-electron chi connectivity index (χ0n) is 3.87. The van der Waals surface area contributed by atoms with Gasteiger partial charge in [0.05, 0.1) is 0 Å². The van der Waals surface area contributed by atoms with Gasteiger partial charge in [0, 0.05) is 17.5 Å². The van der Waals surface area contributed by atoms with Crippen molar-refractivity contribution >= 4 is 37.7 Å². The summed E-state index contributed by atoms with van der Waals surface area (Å²) in [6.07, 6.45) is 0. The summed E-state index contributed by atoms with van der Waals surface area (Å²) < 4.78 is 0. The third kappa shape index (κ3) is 6.95. The molecule has 0 fully saturated rings. The van der Waals surface area contributed by atoms with E-state index in [1.807, 2.05) is 0 Å². The smallest absolute Gasteiger partial charge is 0.0228 e. The maximum atomic E-state index is 5.16. The average molecular weight is 160 g/mol. The molecule has 0 bridgehead atoms. The monoisotopic (exact) mass is 159 g/mol. The number of hydrogen-bond donors (Lipinski definition) is 3. The summed E-state index contributed by atoms with van der Waals surface area (Å²) >= 11 is 7.97. The Balaban J connectivity index is 0. The van der Waals surface area contributed by atoms with E-state index in [0.717, 1.165) is 5.75 Å². The molecule has 0 aromatic heterocycles. The van der Waals surface area contributed by atoms with E-state index in [1.165, 1.54) is 0 Å². The second-order valence-electron chi connectivity index (χ2n) is 1.07. The lowest BCUT2D eigenvalue weighted by Crippen LogP contribution is -2.14. The van der Waals surface area contributed by atoms with E-state index in [9.17, 15) is 0 Å². The van der Waals surface area contributed by atoms with Gasteiger partial charge in [-0.15, -0.1) is 12.4 Å². The zero-order chi connectivity index (χ0) is 4.99. The van der Waals surface area contributed by atoms with Crippen LogP contribution in [0.25, 0.3) is 0 Å². The maximum absolute atomic E-state index is 5.16. The third-order valence-corrected chi connectivity index (χ3v) is 1.61. The first-order valence-electron chi connectivity index (χ1n) is 1.80. The first kappa shape index (κ1) is 10.8. The molecule has 0 rings (SSSR count). The molecule has 1 unspecified atom stereocenters. The maximum Gasteiger partial charge on any atom is 0.0228 e. The highest BCUT2D eigenvalue weighted by atomic mass is 35.5. The van der Waals surface area contributed by atoms with Gasteiger partial charge in [0.15, 0.2) is 0 Å². The third-order valence-electron chi connectivity index (χ3n) is 0.483. The van der Waals surface area contributed by atoms with Crippen molar-refractivity contribution in [2.75, 3.05) is 12.3 Å². The van der Waals surface area contributed by atoms with Gasteiger partial charge in [0.2, 0.25) is 0 Å². The average Bonchev–Trinajstić information content (AvgIpc) is 1.65. The van der Waals surface area contributed by atoms with Crippen LogP contribution >= 0.6 is 37.7 Å². The fraction of sp³-hybridized carbons (Fsp3) is 1.00. The fourth-order valence-corrected chi connectivity index (χ4v) is 0.224. The lowest BCUT2D eigenvalue weighted by Gasteiger charge is -1.97. The molecule has 0 saturated carbocycles. The molecule has 0 aromatic carbocycles. The summed E-state index contributed by atoms with van der Waals surface area (Å²) in [7, 11) is 0. The Hall–Kier alpha value is 0.950. The lowest BCUT2D eigenvalue weighted by atomic mass is 10.5. The van der Waals surface area contributed by atoms with Crippen molar-refractivity contribution < 1.29 is 0 Å². The Kier molecular flexibility index (Phi) is 10.8. The topological polar surface area (TPSA) is 26.0 Å². The highest BCUT2D eigenvalue weighted by Gasteiger charge is 1.90. The first-order valence-corrected chi connectivity index (χ1v) is 2.95. The summed E-state index contributed by atoms with van der Waals surface area (Å²) in [6.45, 7) is 0.618. The van der Waals surface area contributed by atoms with E-state index in [2.05, 4.69) is 25.3 Å². The van der Waals surface area contributed by atoms with Crippen LogP contribution < -0.4 is 5.73 Å². The van der Waals surface area contributed by atoms with Crippen molar-refractivity contribution in [1.82, 2.24) is 0 Å². The van der Waals surface area contributed by atoms with Crippen LogP contribution in [0.1, 0.15) is 0 Å². The Morgan fingerprint density at radius 3 is 2.00 bits per heavy atom. The standard InChI is InChI=1S/C3H9NS2.ClH/c4-1-3(6)2-5;/h3,5-6H,1-2,4H2;1H. The Morgan fingerprint density at radius 1 is 1.57 bits per heavy atom. The molecule has 0 aromatic rings. The second kappa shape index (κ2) is 6.95. The van der Waals surface area contributed by atoms with Crippen molar-refractivity contribution in [3.63, 3.8) is 0 Å². The van der Waals surface area contributed by atoms with Crippen LogP contribution in [0.15, 0.2) is 0 Å². The largest absolute Gasteiger partial charge is 0.329 e. The Labute approximate surface area is 61.3 Å². The van der Waals surface area contributed by atoms with Gasteiger partial charge in [-0.25, -0.2) is 0 Å². The minimum absolute atomic E-state index is 0. The summed E-state index contributed by atoms with van der Waals surface area (Å²) in [5, 5.41) is 0.272. The molecule has 0 spiro atoms. The molecule has 1 atom stereocenters. The minimum Gasteiger partial charge on any atom is -0.329 e. The van der Waals surface area contributed by atoms with Gasteiger partial charge in [-0.05, 0) is 0 Å². The molecule has 0 saturated heterocycles. The number of nitrogens with two attached hydrogens (primary N) is 1. The molecule has 0 aliphatic heterocycles. The Morgan fingerprint density at radius 2 is 2.00 bits per heavy atom. The zero-order valence-corrected chi connectivity index (χ0v) is 6.48. The van der Waals surface area contributed by atoms with Crippen molar-refractivity contribution in [1.29, 1.82) is 0 Å². The molecule has 4 heteroatoms. The van der Waals surface area contributed by atoms with Crippen LogP contribution in [-0.2, 0) is 0 Å². The summed E-state index contributed by atoms with van der Waals surface area (Å²) in [4.78, 5) is 0. The lowest BCUT2D eigenvalue weighted by molar-refractivity contribution is 0.973. The second-order valence-corrected chi connectivity index (χ2v) is 2.17. The van der Waals surface area contributed by atoms with Crippen LogP contribution in [0.4, 0.5) is 0 Å². The van der Waals surface area contributed by atoms with Crippen molar-refractivity contribution in [3.05, 3.63) is 0 Å². The number of hydrogen-bond acceptors (Lipinski definition) is 3. The van der Waals surface area contributed by atoms with E-state index in [-0.39, 0.29) is 17.7 Å². The molecule has 0 aliphatic carbocycles. The quantitative estimate of drug-likeness (QED) is 0.506. The van der Waals surface area contributed by atoms with E-state index in [4.69, 9.17) is 5.73 Å². The molecule has 0 radical (unpaired) electrons. The van der Waals surface area contributed by atoms with Gasteiger partial charge in [-0.3, -0.25) is 0 Å². The molecule has 1 nitrogen and oxygen atoms in total. The van der Waals surface area contributed by atoms with Gasteiger partial charge in [-0.2, -0.15) is 25.3 Å². The summed E-state index contributed by atoms with van der Waals surface area (Å²) in [5.74, 6) is 0.764. The molecule has 46 valence electrons. The number of rotatable bonds is 2. The van der Waals surface area contributed by atoms with Crippen LogP contribution in [-0.4, -0.2) is 17.5 Å². The Bertz CT molecular complexity index is 32.1. The van der Waals surface area contributed by atoms with Gasteiger partial charge in [0.1, 0.15) is 0 Å². The minimum atomic E-state index is 0. The van der Waals surface area contributed by atoms with E-state index in [0.29, 0.717) is 6.54 Å². The van der Waals surface area contributed by atoms with E-state index < -0.39 is 0 Å². The highest BCUT2D eigenvalue weighted by Crippen LogP contribution is 1.91. The molecule has 0 aliphatic rings. The molecular weight excluding hydrogens is 150 g/mol. The molecule has 2 N–H and O–H groups in total. The fourth-order valence-electron chi connectivity index (χ4n) is 0.0745. The molecule has 0 heterocycles. The van der Waals surface area contributed by atoms with Crippen LogP contribution in [0.5, 0.6) is 0 Å². The SMILES string of the molecule is Cl.NCC(S)CS. The molecule has 0 amide bonds. The van der Waals surface area contributed by atoms with Crippen molar-refractivity contribution in [2.45, 2.75) is 5.25 Å². The van der Waals surface area contributed by atoms with Crippen LogP contribution in [0.2, 0.25) is 0 Å². The van der Waals surface area contributed by atoms with Crippen LogP contribution in [0, 0.1) is 0 Å². The highest BCUT2D eigenvalue weighted by molar-refractivity contribution is 7.84. The predicted octanol–water partition coefficient (Wildman–Crippen LogP) is 0.595. The molecule has 7 heavy (non-hydrogen) atoms. The van der Waals surface area contributed by atoms with Crippen LogP contribution in [0.3, 0.4) is 0 Å². The van der Waals surface area contributed by atoms with Gasteiger partial charge >= 0.3 is 0 Å². The number of halogens is 1. The first-order chi connectivity index (χ1) is 2.81. The summed E-state index contributed by atoms with van der Waals surface area (Å²) in [6, 6.07) is 0. The molecular formula is C3H10ClNS2. The number of thiol groups is 2.